The molecule has 16 heteroatoms. The Morgan fingerprint density at radius 3 is 2.36 bits per heavy atom. The second-order valence-electron chi connectivity index (χ2n) is 21.0. The molecule has 0 aliphatic carbocycles. The van der Waals surface area contributed by atoms with Gasteiger partial charge in [0.2, 0.25) is 0 Å². The van der Waals surface area contributed by atoms with Crippen molar-refractivity contribution in [2.75, 3.05) is 31.5 Å². The van der Waals surface area contributed by atoms with Crippen LogP contribution in [0.4, 0.5) is 5.69 Å². The number of piperidine rings is 1. The van der Waals surface area contributed by atoms with Crippen LogP contribution in [0, 0.1) is 41.9 Å². The number of hydrogen-bond donors (Lipinski definition) is 6. The predicted octanol–water partition coefficient (Wildman–Crippen LogP) is 6.16. The van der Waals surface area contributed by atoms with Gasteiger partial charge in [-0.15, -0.1) is 0 Å². The van der Waals surface area contributed by atoms with Crippen LogP contribution in [-0.4, -0.2) is 92.7 Å². The number of ether oxygens (including phenoxy) is 3. The molecule has 2 aromatic carbocycles. The maximum atomic E-state index is 14.8. The van der Waals surface area contributed by atoms with Crippen LogP contribution in [0.1, 0.15) is 118 Å². The number of aliphatic hydroxyl groups excluding tert-OH is 1. The van der Waals surface area contributed by atoms with Crippen LogP contribution in [0.25, 0.3) is 10.8 Å². The van der Waals surface area contributed by atoms with E-state index >= 15 is 0 Å². The minimum atomic E-state index is -1.91. The molecule has 0 radical (unpaired) electrons. The van der Waals surface area contributed by atoms with E-state index in [4.69, 9.17) is 35.8 Å². The molecular formula is C51H73N7O9. The van der Waals surface area contributed by atoms with Gasteiger partial charge in [-0.05, 0) is 56.4 Å². The number of ketones is 1. The number of hydrazine groups is 1. The van der Waals surface area contributed by atoms with Crippen LogP contribution < -0.4 is 32.3 Å². The van der Waals surface area contributed by atoms with Crippen molar-refractivity contribution >= 4 is 34.1 Å². The number of Topliss-reactive ketones (excluding diaryl/α,β-unsaturated/α-hetero) is 1. The summed E-state index contributed by atoms with van der Waals surface area (Å²) >= 11 is 0. The third-order valence-electron chi connectivity index (χ3n) is 13.7. The molecule has 5 bridgehead atoms. The van der Waals surface area contributed by atoms with Crippen LogP contribution in [0.15, 0.2) is 58.0 Å². The molecule has 7 rings (SSSR count). The monoisotopic (exact) mass is 928 g/mol. The number of allylic oxidation sites excluding steroid dienone is 5. The summed E-state index contributed by atoms with van der Waals surface area (Å²) in [4.78, 5) is 55.0. The van der Waals surface area contributed by atoms with Crippen molar-refractivity contribution in [3.63, 3.8) is 0 Å². The summed E-state index contributed by atoms with van der Waals surface area (Å²) in [5.41, 5.74) is 5.94. The number of esters is 1. The average Bonchev–Trinajstić information content (AvgIpc) is 3.74. The highest BCUT2D eigenvalue weighted by molar-refractivity contribution is 6.19. The van der Waals surface area contributed by atoms with E-state index in [-0.39, 0.29) is 79.5 Å². The van der Waals surface area contributed by atoms with Gasteiger partial charge in [-0.25, -0.2) is 5.84 Å². The summed E-state index contributed by atoms with van der Waals surface area (Å²) in [6.07, 6.45) is 10.3. The molecule has 1 spiro atoms. The van der Waals surface area contributed by atoms with Gasteiger partial charge < -0.3 is 50.5 Å². The van der Waals surface area contributed by atoms with E-state index < -0.39 is 53.0 Å². The molecule has 5 aliphatic rings. The summed E-state index contributed by atoms with van der Waals surface area (Å²) < 4.78 is 18.6. The van der Waals surface area contributed by atoms with Gasteiger partial charge in [0.1, 0.15) is 35.2 Å². The Labute approximate surface area is 394 Å². The molecule has 0 aromatic heterocycles. The lowest BCUT2D eigenvalue weighted by Gasteiger charge is -2.36. The van der Waals surface area contributed by atoms with Gasteiger partial charge in [0.05, 0.1) is 28.7 Å². The first kappa shape index (κ1) is 51.0. The second-order valence-corrected chi connectivity index (χ2v) is 21.0. The van der Waals surface area contributed by atoms with Gasteiger partial charge in [-0.2, -0.15) is 0 Å². The molecule has 67 heavy (non-hydrogen) atoms. The molecule has 2 unspecified atom stereocenters. The summed E-state index contributed by atoms with van der Waals surface area (Å²) in [6.45, 7) is 24.6. The number of aliphatic hydroxyl groups is 1. The van der Waals surface area contributed by atoms with Crippen molar-refractivity contribution in [3.05, 3.63) is 69.9 Å². The van der Waals surface area contributed by atoms with E-state index in [9.17, 15) is 29.7 Å². The minimum Gasteiger partial charge on any atom is -0.507 e. The molecule has 5 aliphatic heterocycles. The molecule has 1 amide bonds. The van der Waals surface area contributed by atoms with Crippen molar-refractivity contribution < 1.29 is 43.9 Å². The second kappa shape index (κ2) is 19.6. The van der Waals surface area contributed by atoms with E-state index in [0.717, 1.165) is 19.6 Å². The molecule has 8 N–H and O–H groups in total. The Morgan fingerprint density at radius 2 is 1.72 bits per heavy atom. The highest BCUT2D eigenvalue weighted by Crippen LogP contribution is 2.50. The number of anilines is 1. The van der Waals surface area contributed by atoms with Crippen LogP contribution in [0.2, 0.25) is 0 Å². The normalized spacial score (nSPS) is 29.1. The van der Waals surface area contributed by atoms with Crippen LogP contribution >= 0.6 is 0 Å². The molecule has 1 saturated heterocycles. The summed E-state index contributed by atoms with van der Waals surface area (Å²) in [7, 11) is 0. The standard InChI is InChI=1S/C51H73N7O9/c1-27(2)24-57-20-18-51(19-21-57)55-39-36-37-43(61)33(8)46-38(36)47(63)50(12,67-46)65-22-14-17-29(4)45(66-35(59)26-58(53)25-34(52)49(9,10)11)32(7)42(60)31(6)23-28(3)15-13-16-30(5)48(64)54-41(44(37)62)40(39)56-51/h13-16,22,25,27-29,31-32,42,45,60-62H,17-21,23-24,26,52-53H2,1-12H3,(H,54,64)/b15-13+,22-14+,30-16-,34-25-/t28?,29-,31-,32-,42?,45-,50+/m1/s1. The highest BCUT2D eigenvalue weighted by atomic mass is 16.7. The lowest BCUT2D eigenvalue weighted by molar-refractivity contribution is -0.159. The highest BCUT2D eigenvalue weighted by Gasteiger charge is 2.50. The molecule has 2 aromatic rings. The Hall–Kier alpha value is -5.45. The number of nitrogens with one attached hydrogen (secondary N) is 1. The first-order valence-corrected chi connectivity index (χ1v) is 23.6. The van der Waals surface area contributed by atoms with E-state index in [1.807, 2.05) is 54.5 Å². The zero-order valence-corrected chi connectivity index (χ0v) is 41.4. The number of phenols is 2. The molecule has 1 fully saturated rings. The van der Waals surface area contributed by atoms with Crippen molar-refractivity contribution in [3.8, 4) is 17.2 Å². The first-order chi connectivity index (χ1) is 31.3. The smallest absolute Gasteiger partial charge is 0.327 e. The number of nitrogens with zero attached hydrogens (tertiary/aromatic N) is 4. The van der Waals surface area contributed by atoms with Crippen molar-refractivity contribution in [2.24, 2.45) is 56.6 Å². The fourth-order valence-corrected chi connectivity index (χ4v) is 9.56. The maximum absolute atomic E-state index is 14.8. The molecule has 366 valence electrons. The predicted molar refractivity (Wildman–Crippen MR) is 257 cm³/mol. The number of nitrogens with two attached hydrogens (primary N) is 2. The van der Waals surface area contributed by atoms with Crippen molar-refractivity contribution in [1.29, 1.82) is 0 Å². The maximum Gasteiger partial charge on any atom is 0.327 e. The lowest BCUT2D eigenvalue weighted by atomic mass is 9.80. The van der Waals surface area contributed by atoms with Gasteiger partial charge >= 0.3 is 11.8 Å². The zero-order valence-electron chi connectivity index (χ0n) is 41.4. The van der Waals surface area contributed by atoms with E-state index in [1.165, 1.54) is 24.4 Å². The third-order valence-corrected chi connectivity index (χ3v) is 13.7. The quantitative estimate of drug-likeness (QED) is 0.0826. The molecular weight excluding hydrogens is 855 g/mol. The third kappa shape index (κ3) is 10.7. The number of phenolic OH excluding ortho intramolecular Hbond substituents is 2. The van der Waals surface area contributed by atoms with Gasteiger partial charge in [-0.3, -0.25) is 24.4 Å². The average molecular weight is 928 g/mol. The number of carbonyl (C=O) groups is 3. The lowest BCUT2D eigenvalue weighted by Crippen LogP contribution is -2.43. The number of hydrogen-bond acceptors (Lipinski definition) is 15. The van der Waals surface area contributed by atoms with Gasteiger partial charge in [-0.1, -0.05) is 80.5 Å². The Balaban J connectivity index is 1.43. The van der Waals surface area contributed by atoms with Crippen LogP contribution in [0.5, 0.6) is 17.2 Å². The first-order valence-electron chi connectivity index (χ1n) is 23.6. The number of fused-ring (bicyclic) bond motifs is 13. The topological polar surface area (TPSA) is 235 Å². The van der Waals surface area contributed by atoms with Crippen molar-refractivity contribution in [1.82, 2.24) is 9.91 Å². The van der Waals surface area contributed by atoms with Gasteiger partial charge in [0.15, 0.2) is 11.4 Å². The van der Waals surface area contributed by atoms with E-state index in [0.29, 0.717) is 42.9 Å². The Morgan fingerprint density at radius 1 is 1.06 bits per heavy atom. The number of benzene rings is 2. The summed E-state index contributed by atoms with van der Waals surface area (Å²) in [6, 6.07) is 0. The largest absolute Gasteiger partial charge is 0.507 e. The number of carbonyl (C=O) groups excluding carboxylic acids is 3. The number of aromatic hydroxyl groups is 2. The number of amides is 1. The fraction of sp³-hybridized carbons (Fsp3) is 0.588. The van der Waals surface area contributed by atoms with Crippen LogP contribution in [0.3, 0.4) is 0 Å². The number of likely N-dealkylation sites (tertiary alicyclic amines) is 1. The zero-order chi connectivity index (χ0) is 49.5. The fourth-order valence-electron chi connectivity index (χ4n) is 9.56. The molecule has 7 atom stereocenters. The SMILES string of the molecule is C/C1=C/C=C/C(C)C[C@@H](C)C(O)[C@@H](C)[C@H](OC(=O)CN(N)/C=C(\N)C(C)(C)C)[C@H](C)C/C=C/O[C@@]2(C)Oc3c(C)c(O)c4c(O)c(c5c(c4c3C2=O)=NC2(CCN(CC(C)C)CC2)N=5)NC1=O. The summed E-state index contributed by atoms with van der Waals surface area (Å²) in [5.74, 6) is 1.19. The Kier molecular flexibility index (Phi) is 14.9. The molecule has 0 saturated carbocycles. The Bertz CT molecular complexity index is 2520. The molecule has 5 heterocycles. The van der Waals surface area contributed by atoms with Gasteiger partial charge in [0.25, 0.3) is 11.7 Å². The van der Waals surface area contributed by atoms with E-state index in [1.54, 1.807) is 32.1 Å². The number of rotatable bonds is 6. The van der Waals surface area contributed by atoms with Crippen LogP contribution in [-0.2, 0) is 19.1 Å². The summed E-state index contributed by atoms with van der Waals surface area (Å²) in [5, 5.41) is 40.4. The van der Waals surface area contributed by atoms with Crippen molar-refractivity contribution in [2.45, 2.75) is 132 Å². The minimum absolute atomic E-state index is 0.0160. The van der Waals surface area contributed by atoms with Gasteiger partial charge in [0, 0.05) is 79.2 Å². The van der Waals surface area contributed by atoms with E-state index in [2.05, 4.69) is 24.1 Å². The molecule has 16 nitrogen and oxygen atoms in total.